The van der Waals surface area contributed by atoms with E-state index in [1.165, 1.54) is 0 Å². The lowest BCUT2D eigenvalue weighted by Crippen LogP contribution is -2.42. The number of anilines is 2. The van der Waals surface area contributed by atoms with Gasteiger partial charge >= 0.3 is 0 Å². The fourth-order valence-electron chi connectivity index (χ4n) is 2.11. The Morgan fingerprint density at radius 1 is 1.47 bits per heavy atom. The van der Waals surface area contributed by atoms with E-state index in [0.717, 1.165) is 43.2 Å². The van der Waals surface area contributed by atoms with Crippen LogP contribution in [0.1, 0.15) is 13.3 Å². The first-order valence-corrected chi connectivity index (χ1v) is 6.04. The number of morpholine rings is 1. The van der Waals surface area contributed by atoms with E-state index in [1.54, 1.807) is 7.11 Å². The van der Waals surface area contributed by atoms with Gasteiger partial charge in [-0.05, 0) is 12.5 Å². The third-order valence-electron chi connectivity index (χ3n) is 3.11. The minimum Gasteiger partial charge on any atom is -0.497 e. The van der Waals surface area contributed by atoms with Gasteiger partial charge in [0.2, 0.25) is 0 Å². The summed E-state index contributed by atoms with van der Waals surface area (Å²) in [5.74, 6) is 0.805. The average Bonchev–Trinajstić information content (AvgIpc) is 2.38. The van der Waals surface area contributed by atoms with Crippen LogP contribution in [0.5, 0.6) is 5.75 Å². The molecule has 1 fully saturated rings. The lowest BCUT2D eigenvalue weighted by atomic mass is 10.2. The van der Waals surface area contributed by atoms with Crippen molar-refractivity contribution in [1.29, 1.82) is 0 Å². The Morgan fingerprint density at radius 2 is 2.29 bits per heavy atom. The molecular weight excluding hydrogens is 216 g/mol. The topological polar surface area (TPSA) is 47.7 Å². The summed E-state index contributed by atoms with van der Waals surface area (Å²) in [6.07, 6.45) is 1.35. The molecule has 0 radical (unpaired) electrons. The molecule has 0 amide bonds. The summed E-state index contributed by atoms with van der Waals surface area (Å²) in [6, 6.07) is 5.84. The Hall–Kier alpha value is -1.42. The number of ether oxygens (including phenoxy) is 2. The van der Waals surface area contributed by atoms with Crippen LogP contribution in [0, 0.1) is 0 Å². The van der Waals surface area contributed by atoms with E-state index in [9.17, 15) is 0 Å². The number of nitrogen functional groups attached to an aromatic ring is 1. The number of rotatable bonds is 3. The summed E-state index contributed by atoms with van der Waals surface area (Å²) >= 11 is 0. The van der Waals surface area contributed by atoms with Gasteiger partial charge in [-0.25, -0.2) is 0 Å². The van der Waals surface area contributed by atoms with Crippen LogP contribution in [-0.4, -0.2) is 32.9 Å². The molecule has 0 aliphatic carbocycles. The van der Waals surface area contributed by atoms with Gasteiger partial charge in [-0.15, -0.1) is 0 Å². The van der Waals surface area contributed by atoms with Crippen molar-refractivity contribution < 1.29 is 9.47 Å². The molecule has 0 spiro atoms. The molecule has 94 valence electrons. The molecule has 2 rings (SSSR count). The minimum atomic E-state index is 0.316. The molecule has 1 atom stereocenters. The van der Waals surface area contributed by atoms with Crippen molar-refractivity contribution in [3.8, 4) is 5.75 Å². The van der Waals surface area contributed by atoms with Crippen LogP contribution in [0.2, 0.25) is 0 Å². The van der Waals surface area contributed by atoms with Gasteiger partial charge < -0.3 is 20.1 Å². The Kier molecular flexibility index (Phi) is 3.74. The van der Waals surface area contributed by atoms with Gasteiger partial charge in [0, 0.05) is 36.6 Å². The van der Waals surface area contributed by atoms with E-state index in [0.29, 0.717) is 6.10 Å². The van der Waals surface area contributed by atoms with Crippen LogP contribution < -0.4 is 15.4 Å². The van der Waals surface area contributed by atoms with Crippen molar-refractivity contribution in [2.75, 3.05) is 37.4 Å². The van der Waals surface area contributed by atoms with Crippen LogP contribution in [-0.2, 0) is 4.74 Å². The lowest BCUT2D eigenvalue weighted by molar-refractivity contribution is 0.0384. The smallest absolute Gasteiger partial charge is 0.122 e. The Morgan fingerprint density at radius 3 is 3.00 bits per heavy atom. The molecule has 2 N–H and O–H groups in total. The van der Waals surface area contributed by atoms with Gasteiger partial charge in [-0.3, -0.25) is 0 Å². The van der Waals surface area contributed by atoms with Gasteiger partial charge in [0.25, 0.3) is 0 Å². The molecule has 1 unspecified atom stereocenters. The fraction of sp³-hybridized carbons (Fsp3) is 0.538. The first kappa shape index (κ1) is 12.0. The predicted octanol–water partition coefficient (Wildman–Crippen LogP) is 1.89. The predicted molar refractivity (Wildman–Crippen MR) is 69.7 cm³/mol. The third kappa shape index (κ3) is 2.82. The van der Waals surface area contributed by atoms with Gasteiger partial charge in [0.1, 0.15) is 5.75 Å². The summed E-state index contributed by atoms with van der Waals surface area (Å²) in [4.78, 5) is 2.30. The SMILES string of the molecule is CCC1CN(c2cc(N)cc(OC)c2)CCO1. The zero-order valence-corrected chi connectivity index (χ0v) is 10.5. The van der Waals surface area contributed by atoms with Crippen molar-refractivity contribution in [3.63, 3.8) is 0 Å². The second kappa shape index (κ2) is 5.27. The van der Waals surface area contributed by atoms with Crippen molar-refractivity contribution in [1.82, 2.24) is 0 Å². The largest absolute Gasteiger partial charge is 0.497 e. The first-order chi connectivity index (χ1) is 8.22. The third-order valence-corrected chi connectivity index (χ3v) is 3.11. The van der Waals surface area contributed by atoms with Gasteiger partial charge in [-0.1, -0.05) is 6.92 Å². The highest BCUT2D eigenvalue weighted by Gasteiger charge is 2.19. The maximum atomic E-state index is 5.87. The van der Waals surface area contributed by atoms with Gasteiger partial charge in [0.15, 0.2) is 0 Å². The summed E-state index contributed by atoms with van der Waals surface area (Å²) in [7, 11) is 1.66. The second-order valence-electron chi connectivity index (χ2n) is 4.31. The van der Waals surface area contributed by atoms with Crippen LogP contribution >= 0.6 is 0 Å². The molecule has 1 heterocycles. The standard InChI is InChI=1S/C13H20N2O2/c1-3-12-9-15(4-5-17-12)11-6-10(14)7-13(8-11)16-2/h6-8,12H,3-5,9,14H2,1-2H3. The Bertz CT molecular complexity index is 382. The van der Waals surface area contributed by atoms with E-state index in [-0.39, 0.29) is 0 Å². The number of nitrogens with zero attached hydrogens (tertiary/aromatic N) is 1. The van der Waals surface area contributed by atoms with Crippen molar-refractivity contribution in [2.45, 2.75) is 19.4 Å². The molecule has 1 aromatic rings. The molecular formula is C13H20N2O2. The highest BCUT2D eigenvalue weighted by molar-refractivity contribution is 5.60. The maximum absolute atomic E-state index is 5.87. The van der Waals surface area contributed by atoms with E-state index in [4.69, 9.17) is 15.2 Å². The first-order valence-electron chi connectivity index (χ1n) is 6.04. The summed E-state index contributed by atoms with van der Waals surface area (Å²) in [6.45, 7) is 4.75. The molecule has 1 aliphatic rings. The molecule has 1 saturated heterocycles. The molecule has 0 saturated carbocycles. The summed E-state index contributed by atoms with van der Waals surface area (Å²) in [5, 5.41) is 0. The number of hydrogen-bond donors (Lipinski definition) is 1. The second-order valence-corrected chi connectivity index (χ2v) is 4.31. The molecule has 17 heavy (non-hydrogen) atoms. The van der Waals surface area contributed by atoms with Crippen molar-refractivity contribution >= 4 is 11.4 Å². The normalized spacial score (nSPS) is 20.4. The highest BCUT2D eigenvalue weighted by atomic mass is 16.5. The van der Waals surface area contributed by atoms with E-state index in [2.05, 4.69) is 11.8 Å². The number of hydrogen-bond acceptors (Lipinski definition) is 4. The molecule has 4 heteroatoms. The number of nitrogens with two attached hydrogens (primary N) is 1. The zero-order valence-electron chi connectivity index (χ0n) is 10.5. The lowest BCUT2D eigenvalue weighted by Gasteiger charge is -2.34. The van der Waals surface area contributed by atoms with Crippen LogP contribution in [0.3, 0.4) is 0 Å². The molecule has 0 bridgehead atoms. The average molecular weight is 236 g/mol. The highest BCUT2D eigenvalue weighted by Crippen LogP contribution is 2.27. The quantitative estimate of drug-likeness (QED) is 0.814. The Labute approximate surface area is 102 Å². The summed E-state index contributed by atoms with van der Waals surface area (Å²) in [5.41, 5.74) is 7.72. The number of benzene rings is 1. The van der Waals surface area contributed by atoms with Crippen LogP contribution in [0.15, 0.2) is 18.2 Å². The van der Waals surface area contributed by atoms with E-state index < -0.39 is 0 Å². The monoisotopic (exact) mass is 236 g/mol. The zero-order chi connectivity index (χ0) is 12.3. The Balaban J connectivity index is 2.18. The van der Waals surface area contributed by atoms with Crippen molar-refractivity contribution in [2.24, 2.45) is 0 Å². The molecule has 4 nitrogen and oxygen atoms in total. The minimum absolute atomic E-state index is 0.316. The molecule has 1 aromatic carbocycles. The van der Waals surface area contributed by atoms with Gasteiger partial charge in [-0.2, -0.15) is 0 Å². The maximum Gasteiger partial charge on any atom is 0.122 e. The molecule has 1 aliphatic heterocycles. The van der Waals surface area contributed by atoms with Crippen molar-refractivity contribution in [3.05, 3.63) is 18.2 Å². The molecule has 0 aromatic heterocycles. The van der Waals surface area contributed by atoms with Crippen LogP contribution in [0.25, 0.3) is 0 Å². The van der Waals surface area contributed by atoms with Gasteiger partial charge in [0.05, 0.1) is 19.8 Å². The summed E-state index contributed by atoms with van der Waals surface area (Å²) < 4.78 is 10.9. The fourth-order valence-corrected chi connectivity index (χ4v) is 2.11. The number of methoxy groups -OCH3 is 1. The van der Waals surface area contributed by atoms with Crippen LogP contribution in [0.4, 0.5) is 11.4 Å². The van der Waals surface area contributed by atoms with E-state index >= 15 is 0 Å². The van der Waals surface area contributed by atoms with E-state index in [1.807, 2.05) is 18.2 Å².